The number of benzene rings is 1. The number of para-hydroxylation sites is 1. The highest BCUT2D eigenvalue weighted by Crippen LogP contribution is 2.38. The molecule has 3 aromatic heterocycles. The van der Waals surface area contributed by atoms with E-state index in [0.717, 1.165) is 49.2 Å². The molecule has 8 nitrogen and oxygen atoms in total. The molecule has 0 unspecified atom stereocenters. The maximum absolute atomic E-state index is 13.0. The average molecular weight is 436 g/mol. The number of carbonyl (C=O) groups is 1. The predicted octanol–water partition coefficient (Wildman–Crippen LogP) is 2.74. The summed E-state index contributed by atoms with van der Waals surface area (Å²) in [4.78, 5) is 36.8. The Labute approximate surface area is 181 Å². The van der Waals surface area contributed by atoms with Crippen molar-refractivity contribution in [1.82, 2.24) is 19.7 Å². The summed E-state index contributed by atoms with van der Waals surface area (Å²) >= 11 is 1.30. The monoisotopic (exact) mass is 435 g/mol. The number of pyridine rings is 1. The molecule has 2 aliphatic rings. The number of carboxylic acids is 1. The number of anilines is 1. The molecule has 0 amide bonds. The summed E-state index contributed by atoms with van der Waals surface area (Å²) in [6.07, 6.45) is 4.90. The number of thiazole rings is 1. The summed E-state index contributed by atoms with van der Waals surface area (Å²) in [5.41, 5.74) is 0.941. The highest BCUT2D eigenvalue weighted by atomic mass is 32.1. The second-order valence-electron chi connectivity index (χ2n) is 8.54. The lowest BCUT2D eigenvalue weighted by Gasteiger charge is -2.38. The van der Waals surface area contributed by atoms with Gasteiger partial charge in [0.05, 0.1) is 15.6 Å². The Hall–Kier alpha value is -3.04. The van der Waals surface area contributed by atoms with E-state index in [1.807, 2.05) is 24.3 Å². The summed E-state index contributed by atoms with van der Waals surface area (Å²) in [5, 5.41) is 13.5. The van der Waals surface area contributed by atoms with Crippen molar-refractivity contribution in [2.45, 2.75) is 19.3 Å². The van der Waals surface area contributed by atoms with E-state index in [1.54, 1.807) is 4.40 Å². The van der Waals surface area contributed by atoms with Gasteiger partial charge in [-0.05, 0) is 43.4 Å². The number of hydrogen-bond acceptors (Lipinski definition) is 7. The highest BCUT2D eigenvalue weighted by Gasteiger charge is 2.37. The van der Waals surface area contributed by atoms with Gasteiger partial charge >= 0.3 is 5.97 Å². The molecule has 0 radical (unpaired) electrons. The van der Waals surface area contributed by atoms with Crippen molar-refractivity contribution in [2.75, 3.05) is 31.1 Å². The van der Waals surface area contributed by atoms with Gasteiger partial charge in [0.2, 0.25) is 11.4 Å². The first-order valence-electron chi connectivity index (χ1n) is 10.5. The first-order chi connectivity index (χ1) is 15.1. The fourth-order valence-corrected chi connectivity index (χ4v) is 6.21. The molecule has 9 heteroatoms. The predicted molar refractivity (Wildman–Crippen MR) is 120 cm³/mol. The van der Waals surface area contributed by atoms with E-state index in [2.05, 4.69) is 15.2 Å². The Balaban J connectivity index is 1.54. The molecule has 0 atom stereocenters. The van der Waals surface area contributed by atoms with Gasteiger partial charge in [-0.2, -0.15) is 4.98 Å². The maximum Gasteiger partial charge on any atom is 0.342 e. The number of nitrogens with one attached hydrogen (secondary N) is 1. The van der Waals surface area contributed by atoms with E-state index in [4.69, 9.17) is 4.98 Å². The number of aromatic nitrogens is 3. The third kappa shape index (κ3) is 2.76. The normalized spacial score (nSPS) is 18.5. The Kier molecular flexibility index (Phi) is 4.06. The lowest BCUT2D eigenvalue weighted by Crippen LogP contribution is -2.42. The van der Waals surface area contributed by atoms with Crippen LogP contribution in [0.25, 0.3) is 26.1 Å². The minimum Gasteiger partial charge on any atom is -0.477 e. The molecular formula is C22H21N5O3S. The standard InChI is InChI=1S/C22H21N5O3S/c28-17-13-11-24-21(26-9-6-22(7-10-26)5-8-23-12-22)25-18(13)27-14-3-1-2-4-15(14)31-19(27)16(17)20(29)30/h1-4,11,23H,5-10,12H2,(H,29,30). The molecule has 2 fully saturated rings. The van der Waals surface area contributed by atoms with Crippen LogP contribution >= 0.6 is 11.3 Å². The molecule has 1 spiro atoms. The van der Waals surface area contributed by atoms with Crippen molar-refractivity contribution in [3.63, 3.8) is 0 Å². The molecule has 0 aliphatic carbocycles. The van der Waals surface area contributed by atoms with Crippen molar-refractivity contribution in [1.29, 1.82) is 0 Å². The van der Waals surface area contributed by atoms with Gasteiger partial charge in [0.1, 0.15) is 10.4 Å². The molecule has 31 heavy (non-hydrogen) atoms. The van der Waals surface area contributed by atoms with E-state index in [9.17, 15) is 14.7 Å². The first-order valence-corrected chi connectivity index (χ1v) is 11.3. The van der Waals surface area contributed by atoms with Crippen LogP contribution in [0.3, 0.4) is 0 Å². The second kappa shape index (κ2) is 6.73. The molecule has 4 aromatic rings. The van der Waals surface area contributed by atoms with Crippen molar-refractivity contribution in [3.05, 3.63) is 46.2 Å². The molecular weight excluding hydrogens is 414 g/mol. The van der Waals surface area contributed by atoms with Crippen LogP contribution in [0.2, 0.25) is 0 Å². The van der Waals surface area contributed by atoms with Gasteiger partial charge < -0.3 is 15.3 Å². The molecule has 0 saturated carbocycles. The van der Waals surface area contributed by atoms with E-state index in [-0.39, 0.29) is 10.9 Å². The molecule has 0 bridgehead atoms. The Morgan fingerprint density at radius 1 is 1.19 bits per heavy atom. The summed E-state index contributed by atoms with van der Waals surface area (Å²) < 4.78 is 2.71. The van der Waals surface area contributed by atoms with Gasteiger partial charge in [-0.3, -0.25) is 9.20 Å². The van der Waals surface area contributed by atoms with E-state index < -0.39 is 11.4 Å². The molecule has 2 aliphatic heterocycles. The zero-order valence-corrected chi connectivity index (χ0v) is 17.6. The van der Waals surface area contributed by atoms with Crippen molar-refractivity contribution in [2.24, 2.45) is 5.41 Å². The Bertz CT molecular complexity index is 1410. The summed E-state index contributed by atoms with van der Waals surface area (Å²) in [7, 11) is 0. The van der Waals surface area contributed by atoms with E-state index in [1.165, 1.54) is 24.0 Å². The third-order valence-corrected chi connectivity index (χ3v) is 7.97. The van der Waals surface area contributed by atoms with Crippen LogP contribution in [0.15, 0.2) is 35.3 Å². The van der Waals surface area contributed by atoms with Gasteiger partial charge in [-0.15, -0.1) is 11.3 Å². The molecule has 1 aromatic carbocycles. The van der Waals surface area contributed by atoms with Crippen LogP contribution in [-0.4, -0.2) is 51.6 Å². The SMILES string of the molecule is O=C(O)c1c(=O)c2cnc(N3CCC4(CCNC4)CC3)nc2n2c1sc1ccccc12. The Morgan fingerprint density at radius 3 is 2.74 bits per heavy atom. The maximum atomic E-state index is 13.0. The molecule has 5 heterocycles. The highest BCUT2D eigenvalue weighted by molar-refractivity contribution is 7.24. The van der Waals surface area contributed by atoms with Gasteiger partial charge in [0, 0.05) is 25.8 Å². The Morgan fingerprint density at radius 2 is 2.00 bits per heavy atom. The number of nitrogens with zero attached hydrogens (tertiary/aromatic N) is 4. The van der Waals surface area contributed by atoms with Gasteiger partial charge in [-0.25, -0.2) is 9.78 Å². The lowest BCUT2D eigenvalue weighted by atomic mass is 9.78. The number of aromatic carboxylic acids is 1. The van der Waals surface area contributed by atoms with Crippen molar-refractivity contribution >= 4 is 49.3 Å². The minimum absolute atomic E-state index is 0.223. The number of rotatable bonds is 2. The fraction of sp³-hybridized carbons (Fsp3) is 0.364. The van der Waals surface area contributed by atoms with E-state index in [0.29, 0.717) is 21.8 Å². The van der Waals surface area contributed by atoms with Gasteiger partial charge in [0.25, 0.3) is 0 Å². The van der Waals surface area contributed by atoms with Crippen molar-refractivity contribution < 1.29 is 9.90 Å². The summed E-state index contributed by atoms with van der Waals surface area (Å²) in [5.74, 6) is -0.633. The largest absolute Gasteiger partial charge is 0.477 e. The third-order valence-electron chi connectivity index (χ3n) is 6.82. The van der Waals surface area contributed by atoms with Crippen LogP contribution in [0.4, 0.5) is 5.95 Å². The summed E-state index contributed by atoms with van der Waals surface area (Å²) in [6.45, 7) is 3.92. The smallest absolute Gasteiger partial charge is 0.342 e. The van der Waals surface area contributed by atoms with Crippen LogP contribution in [0.1, 0.15) is 29.6 Å². The zero-order valence-electron chi connectivity index (χ0n) is 16.8. The lowest BCUT2D eigenvalue weighted by molar-refractivity contribution is 0.0697. The fourth-order valence-electron chi connectivity index (χ4n) is 5.03. The quantitative estimate of drug-likeness (QED) is 0.499. The van der Waals surface area contributed by atoms with Crippen LogP contribution in [0.5, 0.6) is 0 Å². The number of hydrogen-bond donors (Lipinski definition) is 2. The number of fused-ring (bicyclic) bond motifs is 5. The average Bonchev–Trinajstić information content (AvgIpc) is 3.38. The molecule has 6 rings (SSSR count). The van der Waals surface area contributed by atoms with Gasteiger partial charge in [-0.1, -0.05) is 12.1 Å². The van der Waals surface area contributed by atoms with Crippen LogP contribution in [-0.2, 0) is 0 Å². The topological polar surface area (TPSA) is 99.8 Å². The van der Waals surface area contributed by atoms with E-state index >= 15 is 0 Å². The molecule has 2 N–H and O–H groups in total. The number of piperidine rings is 1. The first kappa shape index (κ1) is 18.7. The minimum atomic E-state index is -1.23. The molecule has 158 valence electrons. The number of carboxylic acid groups (broad SMARTS) is 1. The van der Waals surface area contributed by atoms with Crippen molar-refractivity contribution in [3.8, 4) is 0 Å². The second-order valence-corrected chi connectivity index (χ2v) is 9.57. The van der Waals surface area contributed by atoms with Crippen LogP contribution in [0, 0.1) is 5.41 Å². The zero-order chi connectivity index (χ0) is 21.2. The molecule has 2 saturated heterocycles. The summed E-state index contributed by atoms with van der Waals surface area (Å²) in [6, 6.07) is 7.66. The van der Waals surface area contributed by atoms with Crippen LogP contribution < -0.4 is 15.6 Å². The van der Waals surface area contributed by atoms with Gasteiger partial charge in [0.15, 0.2) is 5.65 Å².